The van der Waals surface area contributed by atoms with Crippen LogP contribution >= 0.6 is 0 Å². The summed E-state index contributed by atoms with van der Waals surface area (Å²) in [6.45, 7) is 3.89. The van der Waals surface area contributed by atoms with Crippen molar-refractivity contribution in [3.05, 3.63) is 118 Å². The van der Waals surface area contributed by atoms with Gasteiger partial charge in [0.05, 0.1) is 32.0 Å². The maximum absolute atomic E-state index is 6.29. The van der Waals surface area contributed by atoms with Crippen LogP contribution < -0.4 is 24.3 Å². The Bertz CT molecular complexity index is 1760. The molecule has 7 heteroatoms. The molecule has 0 amide bonds. The van der Waals surface area contributed by atoms with E-state index in [-0.39, 0.29) is 6.04 Å². The minimum atomic E-state index is 0.0392. The molecule has 1 aliphatic heterocycles. The lowest BCUT2D eigenvalue weighted by Gasteiger charge is -2.26. The molecule has 1 N–H and O–H groups in total. The first-order valence-electron chi connectivity index (χ1n) is 14.5. The highest BCUT2D eigenvalue weighted by Crippen LogP contribution is 2.37. The smallest absolute Gasteiger partial charge is 0.162 e. The summed E-state index contributed by atoms with van der Waals surface area (Å²) in [6, 6.07) is 24.8. The summed E-state index contributed by atoms with van der Waals surface area (Å²) in [4.78, 5) is 0. The summed E-state index contributed by atoms with van der Waals surface area (Å²) in [7, 11) is 5.31. The fourth-order valence-electron chi connectivity index (χ4n) is 5.55. The number of ether oxygens (including phenoxy) is 4. The fraction of sp³-hybridized carbons (Fsp3) is 0.250. The molecular formula is C36H37N3O4. The third kappa shape index (κ3) is 6.22. The van der Waals surface area contributed by atoms with Gasteiger partial charge in [-0.3, -0.25) is 4.68 Å². The Morgan fingerprint density at radius 1 is 0.860 bits per heavy atom. The zero-order chi connectivity index (χ0) is 29.8. The van der Waals surface area contributed by atoms with E-state index in [1.807, 2.05) is 42.2 Å². The minimum absolute atomic E-state index is 0.0392. The quantitative estimate of drug-likeness (QED) is 0.194. The number of benzene rings is 4. The van der Waals surface area contributed by atoms with Crippen molar-refractivity contribution >= 4 is 17.0 Å². The van der Waals surface area contributed by atoms with Crippen molar-refractivity contribution in [3.8, 4) is 23.0 Å². The van der Waals surface area contributed by atoms with Crippen LogP contribution in [-0.4, -0.2) is 30.5 Å². The number of methoxy groups -OCH3 is 2. The van der Waals surface area contributed by atoms with E-state index in [1.165, 1.54) is 11.1 Å². The molecule has 4 aromatic carbocycles. The Balaban J connectivity index is 1.21. The van der Waals surface area contributed by atoms with Gasteiger partial charge >= 0.3 is 0 Å². The summed E-state index contributed by atoms with van der Waals surface area (Å²) in [5, 5.41) is 9.10. The van der Waals surface area contributed by atoms with Gasteiger partial charge in [0.1, 0.15) is 13.2 Å². The second kappa shape index (κ2) is 12.6. The van der Waals surface area contributed by atoms with Gasteiger partial charge in [-0.2, -0.15) is 5.10 Å². The van der Waals surface area contributed by atoms with Gasteiger partial charge in [0.15, 0.2) is 23.0 Å². The number of fused-ring (bicyclic) bond motifs is 2. The number of nitrogens with zero attached hydrogens (tertiary/aromatic N) is 2. The lowest BCUT2D eigenvalue weighted by molar-refractivity contribution is 0.283. The first kappa shape index (κ1) is 28.4. The predicted octanol–water partition coefficient (Wildman–Crippen LogP) is 6.96. The van der Waals surface area contributed by atoms with Gasteiger partial charge in [-0.25, -0.2) is 0 Å². The van der Waals surface area contributed by atoms with Crippen LogP contribution in [-0.2, 0) is 26.7 Å². The van der Waals surface area contributed by atoms with Crippen LogP contribution in [0.5, 0.6) is 23.0 Å². The fourth-order valence-corrected chi connectivity index (χ4v) is 5.55. The SMILES string of the molecule is COc1cc(C)c(/C=C/C2NCCc3cc(OCc4ccccc4)c(OC)cc32)cc1OCc1ccc2cnn(C)c2c1. The van der Waals surface area contributed by atoms with Gasteiger partial charge in [0, 0.05) is 19.0 Å². The molecule has 0 radical (unpaired) electrons. The van der Waals surface area contributed by atoms with E-state index in [0.717, 1.165) is 57.6 Å². The Morgan fingerprint density at radius 3 is 2.40 bits per heavy atom. The Labute approximate surface area is 252 Å². The molecule has 5 aromatic rings. The van der Waals surface area contributed by atoms with Crippen molar-refractivity contribution in [2.24, 2.45) is 7.05 Å². The van der Waals surface area contributed by atoms with E-state index < -0.39 is 0 Å². The molecular weight excluding hydrogens is 538 g/mol. The van der Waals surface area contributed by atoms with Crippen molar-refractivity contribution < 1.29 is 18.9 Å². The van der Waals surface area contributed by atoms with Crippen molar-refractivity contribution in [3.63, 3.8) is 0 Å². The molecule has 0 saturated heterocycles. The first-order chi connectivity index (χ1) is 21.0. The van der Waals surface area contributed by atoms with Crippen LogP contribution in [0, 0.1) is 6.92 Å². The van der Waals surface area contributed by atoms with E-state index in [4.69, 9.17) is 18.9 Å². The highest BCUT2D eigenvalue weighted by Gasteiger charge is 2.21. The van der Waals surface area contributed by atoms with Gasteiger partial charge in [-0.1, -0.05) is 54.6 Å². The molecule has 220 valence electrons. The summed E-state index contributed by atoms with van der Waals surface area (Å²) >= 11 is 0. The van der Waals surface area contributed by atoms with Gasteiger partial charge in [0.25, 0.3) is 0 Å². The molecule has 1 aliphatic rings. The number of rotatable bonds is 10. The predicted molar refractivity (Wildman–Crippen MR) is 170 cm³/mol. The van der Waals surface area contributed by atoms with Crippen LogP contribution in [0.15, 0.2) is 85.1 Å². The molecule has 43 heavy (non-hydrogen) atoms. The molecule has 7 nitrogen and oxygen atoms in total. The van der Waals surface area contributed by atoms with Crippen molar-refractivity contribution in [1.29, 1.82) is 0 Å². The van der Waals surface area contributed by atoms with E-state index in [0.29, 0.717) is 24.7 Å². The van der Waals surface area contributed by atoms with Crippen LogP contribution in [0.2, 0.25) is 0 Å². The van der Waals surface area contributed by atoms with Gasteiger partial charge in [0.2, 0.25) is 0 Å². The largest absolute Gasteiger partial charge is 0.493 e. The van der Waals surface area contributed by atoms with Crippen LogP contribution in [0.1, 0.15) is 39.4 Å². The van der Waals surface area contributed by atoms with E-state index in [2.05, 4.69) is 78.0 Å². The molecule has 0 fully saturated rings. The molecule has 1 unspecified atom stereocenters. The molecule has 0 spiro atoms. The first-order valence-corrected chi connectivity index (χ1v) is 14.5. The molecule has 1 atom stereocenters. The summed E-state index contributed by atoms with van der Waals surface area (Å²) in [5.41, 5.74) is 7.90. The van der Waals surface area contributed by atoms with Gasteiger partial charge in [-0.15, -0.1) is 0 Å². The summed E-state index contributed by atoms with van der Waals surface area (Å²) < 4.78 is 25.8. The highest BCUT2D eigenvalue weighted by molar-refractivity contribution is 5.79. The number of hydrogen-bond donors (Lipinski definition) is 1. The average Bonchev–Trinajstić information content (AvgIpc) is 3.41. The molecule has 0 aliphatic carbocycles. The molecule has 0 bridgehead atoms. The molecule has 1 aromatic heterocycles. The maximum Gasteiger partial charge on any atom is 0.162 e. The maximum atomic E-state index is 6.29. The number of aromatic nitrogens is 2. The normalized spacial score (nSPS) is 14.6. The standard InChI is InChI=1S/C36H37N3O4/c1-24-16-33(40-3)35(43-23-26-10-11-29-21-38-39(2)32(29)17-26)18-27(24)12-13-31-30-20-34(41-4)36(19-28(30)14-15-37-31)42-22-25-8-6-5-7-9-25/h5-13,16-21,31,37H,14-15,22-23H2,1-4H3/b13-12+. The minimum Gasteiger partial charge on any atom is -0.493 e. The topological polar surface area (TPSA) is 66.8 Å². The van der Waals surface area contributed by atoms with Crippen molar-refractivity contribution in [1.82, 2.24) is 15.1 Å². The van der Waals surface area contributed by atoms with E-state index in [9.17, 15) is 0 Å². The number of aryl methyl sites for hydroxylation is 2. The molecule has 0 saturated carbocycles. The van der Waals surface area contributed by atoms with Crippen LogP contribution in [0.3, 0.4) is 0 Å². The Kier molecular flexibility index (Phi) is 8.34. The summed E-state index contributed by atoms with van der Waals surface area (Å²) in [5.74, 6) is 2.92. The van der Waals surface area contributed by atoms with Gasteiger partial charge in [-0.05, 0) is 77.1 Å². The summed E-state index contributed by atoms with van der Waals surface area (Å²) in [6.07, 6.45) is 7.16. The van der Waals surface area contributed by atoms with E-state index >= 15 is 0 Å². The monoisotopic (exact) mass is 575 g/mol. The van der Waals surface area contributed by atoms with E-state index in [1.54, 1.807) is 14.2 Å². The number of hydrogen-bond acceptors (Lipinski definition) is 6. The van der Waals surface area contributed by atoms with Crippen LogP contribution in [0.25, 0.3) is 17.0 Å². The molecule has 6 rings (SSSR count). The zero-order valence-corrected chi connectivity index (χ0v) is 25.1. The third-order valence-electron chi connectivity index (χ3n) is 7.98. The highest BCUT2D eigenvalue weighted by atomic mass is 16.5. The Morgan fingerprint density at radius 2 is 1.60 bits per heavy atom. The third-order valence-corrected chi connectivity index (χ3v) is 7.98. The lowest BCUT2D eigenvalue weighted by atomic mass is 9.92. The second-order valence-electron chi connectivity index (χ2n) is 10.8. The zero-order valence-electron chi connectivity index (χ0n) is 25.1. The average molecular weight is 576 g/mol. The van der Waals surface area contributed by atoms with Crippen molar-refractivity contribution in [2.75, 3.05) is 20.8 Å². The molecule has 2 heterocycles. The van der Waals surface area contributed by atoms with Crippen molar-refractivity contribution in [2.45, 2.75) is 32.6 Å². The lowest BCUT2D eigenvalue weighted by Crippen LogP contribution is -2.28. The number of nitrogens with one attached hydrogen (secondary N) is 1. The second-order valence-corrected chi connectivity index (χ2v) is 10.8. The van der Waals surface area contributed by atoms with Gasteiger partial charge < -0.3 is 24.3 Å². The Hall–Kier alpha value is -4.75. The van der Waals surface area contributed by atoms with Crippen LogP contribution in [0.4, 0.5) is 0 Å².